The highest BCUT2D eigenvalue weighted by atomic mass is 16.7. The van der Waals surface area contributed by atoms with E-state index in [0.717, 1.165) is 48.5 Å². The minimum Gasteiger partial charge on any atom is -0.493 e. The molecule has 4 nitrogen and oxygen atoms in total. The third kappa shape index (κ3) is 3.06. The van der Waals surface area contributed by atoms with Gasteiger partial charge in [-0.05, 0) is 57.2 Å². The van der Waals surface area contributed by atoms with Crippen molar-refractivity contribution < 1.29 is 14.3 Å². The molecule has 3 rings (SSSR count). The van der Waals surface area contributed by atoms with Crippen LogP contribution in [0.3, 0.4) is 0 Å². The number of methoxy groups -OCH3 is 1. The molecule has 1 aromatic rings. The minimum atomic E-state index is -0.0537. The van der Waals surface area contributed by atoms with Gasteiger partial charge < -0.3 is 14.3 Å². The fraction of sp³-hybridized carbons (Fsp3) is 0.556. The molecule has 119 valence electrons. The summed E-state index contributed by atoms with van der Waals surface area (Å²) in [7, 11) is 1.65. The van der Waals surface area contributed by atoms with Crippen molar-refractivity contribution in [1.29, 1.82) is 0 Å². The van der Waals surface area contributed by atoms with Gasteiger partial charge in [-0.2, -0.15) is 0 Å². The Bertz CT molecular complexity index is 547. The van der Waals surface area contributed by atoms with Crippen molar-refractivity contribution in [1.82, 2.24) is 0 Å². The monoisotopic (exact) mass is 302 g/mol. The summed E-state index contributed by atoms with van der Waals surface area (Å²) in [4.78, 5) is 5.83. The Morgan fingerprint density at radius 1 is 1.23 bits per heavy atom. The molecule has 0 unspecified atom stereocenters. The fourth-order valence-electron chi connectivity index (χ4n) is 3.29. The molecule has 1 fully saturated rings. The van der Waals surface area contributed by atoms with Crippen LogP contribution in [0, 0.1) is 6.92 Å². The first-order valence-electron chi connectivity index (χ1n) is 8.12. The van der Waals surface area contributed by atoms with Gasteiger partial charge in [0.15, 0.2) is 11.5 Å². The third-order valence-corrected chi connectivity index (χ3v) is 4.50. The number of benzene rings is 1. The van der Waals surface area contributed by atoms with Gasteiger partial charge >= 0.3 is 0 Å². The van der Waals surface area contributed by atoms with Crippen molar-refractivity contribution in [2.75, 3.05) is 13.7 Å². The lowest BCUT2D eigenvalue weighted by Gasteiger charge is -2.30. The predicted molar refractivity (Wildman–Crippen MR) is 86.5 cm³/mol. The molecule has 2 aliphatic rings. The molecule has 1 saturated carbocycles. The van der Waals surface area contributed by atoms with Gasteiger partial charge in [0, 0.05) is 12.0 Å². The standard InChI is InChI=1S/C18H24NO3/c1-3-11-21-17-12-14(7-8-16(17)20-2)15-13-18(22-19-15)9-5-4-6-10-18/h7-8,12H,1,3-6,9-11,13H2,2H3. The number of rotatable bonds is 5. The van der Waals surface area contributed by atoms with Crippen molar-refractivity contribution in [3.63, 3.8) is 0 Å². The van der Waals surface area contributed by atoms with E-state index >= 15 is 0 Å². The van der Waals surface area contributed by atoms with Gasteiger partial charge in [0.25, 0.3) is 0 Å². The first kappa shape index (κ1) is 15.2. The summed E-state index contributed by atoms with van der Waals surface area (Å²) < 4.78 is 11.1. The molecule has 22 heavy (non-hydrogen) atoms. The lowest BCUT2D eigenvalue weighted by atomic mass is 9.81. The van der Waals surface area contributed by atoms with Gasteiger partial charge in [-0.25, -0.2) is 0 Å². The van der Waals surface area contributed by atoms with Crippen LogP contribution in [-0.4, -0.2) is 25.0 Å². The van der Waals surface area contributed by atoms with Crippen LogP contribution in [-0.2, 0) is 4.84 Å². The van der Waals surface area contributed by atoms with E-state index in [1.165, 1.54) is 19.3 Å². The average molecular weight is 302 g/mol. The molecule has 0 N–H and O–H groups in total. The lowest BCUT2D eigenvalue weighted by Crippen LogP contribution is -2.31. The number of hydrogen-bond acceptors (Lipinski definition) is 4. The van der Waals surface area contributed by atoms with Crippen LogP contribution in [0.1, 0.15) is 50.5 Å². The Hall–Kier alpha value is -1.71. The van der Waals surface area contributed by atoms with Crippen molar-refractivity contribution >= 4 is 5.71 Å². The molecule has 1 aromatic carbocycles. The smallest absolute Gasteiger partial charge is 0.161 e. The van der Waals surface area contributed by atoms with E-state index in [9.17, 15) is 0 Å². The summed E-state index contributed by atoms with van der Waals surface area (Å²) >= 11 is 0. The zero-order valence-electron chi connectivity index (χ0n) is 13.3. The van der Waals surface area contributed by atoms with E-state index in [4.69, 9.17) is 14.3 Å². The summed E-state index contributed by atoms with van der Waals surface area (Å²) in [5.41, 5.74) is 2.02. The Labute approximate surface area is 132 Å². The van der Waals surface area contributed by atoms with Crippen LogP contribution >= 0.6 is 0 Å². The molecule has 1 heterocycles. The quantitative estimate of drug-likeness (QED) is 0.821. The summed E-state index contributed by atoms with van der Waals surface area (Å²) in [6.45, 7) is 4.38. The van der Waals surface area contributed by atoms with Gasteiger partial charge in [0.1, 0.15) is 5.60 Å². The molecular weight excluding hydrogens is 278 g/mol. The number of oxime groups is 1. The summed E-state index contributed by atoms with van der Waals surface area (Å²) in [5.74, 6) is 1.49. The zero-order valence-corrected chi connectivity index (χ0v) is 13.3. The molecule has 1 spiro atoms. The predicted octanol–water partition coefficient (Wildman–Crippen LogP) is 4.13. The normalized spacial score (nSPS) is 19.6. The van der Waals surface area contributed by atoms with Crippen LogP contribution in [0.5, 0.6) is 11.5 Å². The molecule has 0 bridgehead atoms. The first-order valence-corrected chi connectivity index (χ1v) is 8.12. The van der Waals surface area contributed by atoms with Crippen LogP contribution in [0.2, 0.25) is 0 Å². The van der Waals surface area contributed by atoms with Gasteiger partial charge in [-0.15, -0.1) is 0 Å². The molecule has 0 aromatic heterocycles. The van der Waals surface area contributed by atoms with Crippen LogP contribution < -0.4 is 9.47 Å². The second-order valence-electron chi connectivity index (χ2n) is 6.12. The summed E-state index contributed by atoms with van der Waals surface area (Å²) in [6.07, 6.45) is 7.63. The Morgan fingerprint density at radius 2 is 2.05 bits per heavy atom. The summed E-state index contributed by atoms with van der Waals surface area (Å²) in [6, 6.07) is 5.96. The van der Waals surface area contributed by atoms with Gasteiger partial charge in [-0.3, -0.25) is 0 Å². The number of hydrogen-bond donors (Lipinski definition) is 0. The zero-order chi connectivity index (χ0) is 15.4. The van der Waals surface area contributed by atoms with Crippen molar-refractivity contribution in [3.05, 3.63) is 30.7 Å². The van der Waals surface area contributed by atoms with E-state index in [1.54, 1.807) is 7.11 Å². The Morgan fingerprint density at radius 3 is 2.77 bits per heavy atom. The fourth-order valence-corrected chi connectivity index (χ4v) is 3.29. The number of nitrogens with zero attached hydrogens (tertiary/aromatic N) is 1. The summed E-state index contributed by atoms with van der Waals surface area (Å²) in [5, 5.41) is 4.37. The van der Waals surface area contributed by atoms with E-state index in [2.05, 4.69) is 12.1 Å². The number of ether oxygens (including phenoxy) is 2. The molecule has 1 aliphatic heterocycles. The van der Waals surface area contributed by atoms with Crippen molar-refractivity contribution in [3.8, 4) is 11.5 Å². The second-order valence-corrected chi connectivity index (χ2v) is 6.12. The highest BCUT2D eigenvalue weighted by molar-refractivity contribution is 6.02. The largest absolute Gasteiger partial charge is 0.493 e. The van der Waals surface area contributed by atoms with Crippen LogP contribution in [0.4, 0.5) is 0 Å². The van der Waals surface area contributed by atoms with Gasteiger partial charge in [0.05, 0.1) is 19.4 Å². The average Bonchev–Trinajstić information content (AvgIpc) is 2.96. The highest BCUT2D eigenvalue weighted by Gasteiger charge is 2.40. The van der Waals surface area contributed by atoms with Crippen LogP contribution in [0.15, 0.2) is 23.4 Å². The highest BCUT2D eigenvalue weighted by Crippen LogP contribution is 2.40. The first-order chi connectivity index (χ1) is 10.8. The topological polar surface area (TPSA) is 40.0 Å². The minimum absolute atomic E-state index is 0.0537. The van der Waals surface area contributed by atoms with Gasteiger partial charge in [-0.1, -0.05) is 11.6 Å². The molecule has 1 radical (unpaired) electrons. The Balaban J connectivity index is 1.77. The Kier molecular flexibility index (Phi) is 4.55. The van der Waals surface area contributed by atoms with E-state index in [-0.39, 0.29) is 5.60 Å². The van der Waals surface area contributed by atoms with Gasteiger partial charge in [0.2, 0.25) is 0 Å². The maximum Gasteiger partial charge on any atom is 0.161 e. The maximum absolute atomic E-state index is 5.83. The molecule has 0 atom stereocenters. The molecule has 0 saturated heterocycles. The maximum atomic E-state index is 5.83. The van der Waals surface area contributed by atoms with E-state index < -0.39 is 0 Å². The lowest BCUT2D eigenvalue weighted by molar-refractivity contribution is -0.0449. The van der Waals surface area contributed by atoms with E-state index in [1.807, 2.05) is 18.2 Å². The molecular formula is C18H24NO3. The van der Waals surface area contributed by atoms with Crippen LogP contribution in [0.25, 0.3) is 0 Å². The van der Waals surface area contributed by atoms with Crippen molar-refractivity contribution in [2.45, 2.75) is 50.5 Å². The third-order valence-electron chi connectivity index (χ3n) is 4.50. The van der Waals surface area contributed by atoms with Crippen molar-refractivity contribution in [2.24, 2.45) is 5.16 Å². The SMILES string of the molecule is [CH2]CCOc1cc(C2=NOC3(CCCCC3)C2)ccc1OC. The second kappa shape index (κ2) is 6.59. The van der Waals surface area contributed by atoms with E-state index in [0.29, 0.717) is 6.61 Å². The molecule has 4 heteroatoms. The molecule has 0 amide bonds. The molecule has 1 aliphatic carbocycles.